The van der Waals surface area contributed by atoms with E-state index in [0.717, 1.165) is 0 Å². The second-order valence-corrected chi connectivity index (χ2v) is 7.81. The second-order valence-electron chi connectivity index (χ2n) is 5.29. The van der Waals surface area contributed by atoms with Crippen LogP contribution in [0.15, 0.2) is 59.8 Å². The van der Waals surface area contributed by atoms with E-state index in [4.69, 9.17) is 27.9 Å². The molecule has 0 fully saturated rings. The maximum Gasteiger partial charge on any atom is 0.263 e. The SMILES string of the molecule is COc1ccc(Cl)c(Nc2nccnc2NS(=O)(=O)c2cccc(Cl)c2)c1. The molecule has 2 N–H and O–H groups in total. The number of ether oxygens (including phenoxy) is 1. The number of hydrogen-bond donors (Lipinski definition) is 2. The van der Waals surface area contributed by atoms with Crippen LogP contribution in [0, 0.1) is 0 Å². The Bertz CT molecular complexity index is 1080. The molecule has 1 aromatic heterocycles. The van der Waals surface area contributed by atoms with Crippen molar-refractivity contribution in [3.8, 4) is 5.75 Å². The van der Waals surface area contributed by atoms with Gasteiger partial charge in [0.15, 0.2) is 11.6 Å². The van der Waals surface area contributed by atoms with Crippen LogP contribution in [0.25, 0.3) is 0 Å². The van der Waals surface area contributed by atoms with Gasteiger partial charge in [0.25, 0.3) is 10.0 Å². The van der Waals surface area contributed by atoms with E-state index in [1.807, 2.05) is 0 Å². The molecular weight excluding hydrogens is 411 g/mol. The zero-order valence-corrected chi connectivity index (χ0v) is 16.3. The Balaban J connectivity index is 1.93. The molecule has 0 unspecified atom stereocenters. The first-order valence-corrected chi connectivity index (χ1v) is 9.83. The molecule has 0 spiro atoms. The molecule has 0 saturated carbocycles. The summed E-state index contributed by atoms with van der Waals surface area (Å²) in [4.78, 5) is 8.20. The van der Waals surface area contributed by atoms with E-state index in [2.05, 4.69) is 20.0 Å². The van der Waals surface area contributed by atoms with Gasteiger partial charge in [0.1, 0.15) is 5.75 Å². The van der Waals surface area contributed by atoms with Crippen LogP contribution < -0.4 is 14.8 Å². The minimum absolute atomic E-state index is 0.00557. The Labute approximate surface area is 166 Å². The molecule has 3 rings (SSSR count). The molecule has 3 aromatic rings. The fraction of sp³-hybridized carbons (Fsp3) is 0.0588. The van der Waals surface area contributed by atoms with Gasteiger partial charge in [-0.1, -0.05) is 29.3 Å². The molecular formula is C17H14Cl2N4O3S. The number of rotatable bonds is 6. The second kappa shape index (κ2) is 7.99. The predicted molar refractivity (Wildman–Crippen MR) is 106 cm³/mol. The maximum atomic E-state index is 12.6. The van der Waals surface area contributed by atoms with E-state index < -0.39 is 10.0 Å². The summed E-state index contributed by atoms with van der Waals surface area (Å²) in [6, 6.07) is 10.9. The number of hydrogen-bond acceptors (Lipinski definition) is 6. The van der Waals surface area contributed by atoms with Gasteiger partial charge in [0, 0.05) is 23.5 Å². The Hall–Kier alpha value is -2.55. The van der Waals surface area contributed by atoms with Crippen LogP contribution in [-0.4, -0.2) is 25.5 Å². The third-order valence-electron chi connectivity index (χ3n) is 3.46. The normalized spacial score (nSPS) is 11.1. The number of aromatic nitrogens is 2. The topological polar surface area (TPSA) is 93.2 Å². The van der Waals surface area contributed by atoms with Crippen molar-refractivity contribution >= 4 is 50.5 Å². The van der Waals surface area contributed by atoms with E-state index in [0.29, 0.717) is 21.5 Å². The van der Waals surface area contributed by atoms with Gasteiger partial charge in [0.2, 0.25) is 0 Å². The number of nitrogens with one attached hydrogen (secondary N) is 2. The summed E-state index contributed by atoms with van der Waals surface area (Å²) in [5, 5.41) is 3.67. The molecule has 140 valence electrons. The van der Waals surface area contributed by atoms with E-state index in [1.165, 1.54) is 31.6 Å². The fourth-order valence-corrected chi connectivity index (χ4v) is 3.66. The first kappa shape index (κ1) is 19.2. The van der Waals surface area contributed by atoms with Crippen molar-refractivity contribution in [1.82, 2.24) is 9.97 Å². The Kier molecular flexibility index (Phi) is 5.69. The number of sulfonamides is 1. The standard InChI is InChI=1S/C17H14Cl2N4O3S/c1-26-12-5-6-14(19)15(10-12)22-16-17(21-8-7-20-16)23-27(24,25)13-4-2-3-11(18)9-13/h2-10H,1H3,(H,20,22)(H,21,23). The summed E-state index contributed by atoms with van der Waals surface area (Å²) in [7, 11) is -2.38. The van der Waals surface area contributed by atoms with Crippen LogP contribution in [0.5, 0.6) is 5.75 Å². The average Bonchev–Trinajstić information content (AvgIpc) is 2.65. The van der Waals surface area contributed by atoms with Crippen LogP contribution in [0.2, 0.25) is 10.0 Å². The number of benzene rings is 2. The molecule has 0 amide bonds. The smallest absolute Gasteiger partial charge is 0.263 e. The highest BCUT2D eigenvalue weighted by atomic mass is 35.5. The molecule has 0 aliphatic rings. The highest BCUT2D eigenvalue weighted by Gasteiger charge is 2.18. The molecule has 2 aromatic carbocycles. The quantitative estimate of drug-likeness (QED) is 0.611. The third kappa shape index (κ3) is 4.60. The van der Waals surface area contributed by atoms with Crippen molar-refractivity contribution in [2.45, 2.75) is 4.90 Å². The van der Waals surface area contributed by atoms with Gasteiger partial charge in [-0.25, -0.2) is 18.4 Å². The highest BCUT2D eigenvalue weighted by Crippen LogP contribution is 2.31. The molecule has 10 heteroatoms. The lowest BCUT2D eigenvalue weighted by Crippen LogP contribution is -2.15. The molecule has 0 atom stereocenters. The molecule has 1 heterocycles. The summed E-state index contributed by atoms with van der Waals surface area (Å²) in [6.45, 7) is 0. The van der Waals surface area contributed by atoms with Crippen molar-refractivity contribution in [3.05, 3.63) is 64.9 Å². The summed E-state index contributed by atoms with van der Waals surface area (Å²) in [5.74, 6) is 0.765. The highest BCUT2D eigenvalue weighted by molar-refractivity contribution is 7.92. The van der Waals surface area contributed by atoms with Crippen molar-refractivity contribution in [1.29, 1.82) is 0 Å². The lowest BCUT2D eigenvalue weighted by molar-refractivity contribution is 0.415. The molecule has 0 aliphatic carbocycles. The summed E-state index contributed by atoms with van der Waals surface area (Å²) >= 11 is 12.1. The number of anilines is 3. The van der Waals surface area contributed by atoms with E-state index in [-0.39, 0.29) is 16.5 Å². The van der Waals surface area contributed by atoms with Gasteiger partial charge < -0.3 is 10.1 Å². The fourth-order valence-electron chi connectivity index (χ4n) is 2.18. The molecule has 0 radical (unpaired) electrons. The Morgan fingerprint density at radius 2 is 1.74 bits per heavy atom. The monoisotopic (exact) mass is 424 g/mol. The van der Waals surface area contributed by atoms with Gasteiger partial charge in [-0.3, -0.25) is 4.72 Å². The summed E-state index contributed by atoms with van der Waals surface area (Å²) < 4.78 is 32.8. The van der Waals surface area contributed by atoms with Crippen molar-refractivity contribution in [2.75, 3.05) is 17.1 Å². The third-order valence-corrected chi connectivity index (χ3v) is 5.36. The van der Waals surface area contributed by atoms with E-state index >= 15 is 0 Å². The van der Waals surface area contributed by atoms with Crippen LogP contribution in [0.4, 0.5) is 17.3 Å². The zero-order chi connectivity index (χ0) is 19.4. The first-order chi connectivity index (χ1) is 12.9. The summed E-state index contributed by atoms with van der Waals surface area (Å²) in [5.41, 5.74) is 0.486. The van der Waals surface area contributed by atoms with Gasteiger partial charge in [0.05, 0.1) is 22.7 Å². The molecule has 27 heavy (non-hydrogen) atoms. The van der Waals surface area contributed by atoms with E-state index in [1.54, 1.807) is 30.3 Å². The zero-order valence-electron chi connectivity index (χ0n) is 14.0. The van der Waals surface area contributed by atoms with Crippen molar-refractivity contribution in [3.63, 3.8) is 0 Å². The summed E-state index contributed by atoms with van der Waals surface area (Å²) in [6.07, 6.45) is 2.79. The van der Waals surface area contributed by atoms with Gasteiger partial charge in [-0.05, 0) is 30.3 Å². The lowest BCUT2D eigenvalue weighted by atomic mass is 10.3. The van der Waals surface area contributed by atoms with Gasteiger partial charge in [-0.2, -0.15) is 0 Å². The van der Waals surface area contributed by atoms with Gasteiger partial charge in [-0.15, -0.1) is 0 Å². The molecule has 7 nitrogen and oxygen atoms in total. The number of methoxy groups -OCH3 is 1. The minimum Gasteiger partial charge on any atom is -0.497 e. The average molecular weight is 425 g/mol. The number of halogens is 2. The van der Waals surface area contributed by atoms with E-state index in [9.17, 15) is 8.42 Å². The predicted octanol–water partition coefficient (Wildman–Crippen LogP) is 4.34. The minimum atomic E-state index is -3.91. The first-order valence-electron chi connectivity index (χ1n) is 7.59. The largest absolute Gasteiger partial charge is 0.497 e. The molecule has 0 aliphatic heterocycles. The maximum absolute atomic E-state index is 12.6. The van der Waals surface area contributed by atoms with Gasteiger partial charge >= 0.3 is 0 Å². The van der Waals surface area contributed by atoms with Crippen LogP contribution in [-0.2, 0) is 10.0 Å². The van der Waals surface area contributed by atoms with Crippen LogP contribution >= 0.6 is 23.2 Å². The molecule has 0 saturated heterocycles. The van der Waals surface area contributed by atoms with Crippen LogP contribution in [0.1, 0.15) is 0 Å². The van der Waals surface area contributed by atoms with Crippen molar-refractivity contribution in [2.24, 2.45) is 0 Å². The Morgan fingerprint density at radius 3 is 2.44 bits per heavy atom. The Morgan fingerprint density at radius 1 is 1.00 bits per heavy atom. The molecule has 0 bridgehead atoms. The number of nitrogens with zero attached hydrogens (tertiary/aromatic N) is 2. The van der Waals surface area contributed by atoms with Crippen LogP contribution in [0.3, 0.4) is 0 Å². The lowest BCUT2D eigenvalue weighted by Gasteiger charge is -2.13. The van der Waals surface area contributed by atoms with Crippen molar-refractivity contribution < 1.29 is 13.2 Å².